The topological polar surface area (TPSA) is 93.7 Å². The molecule has 0 unspecified atom stereocenters. The van der Waals surface area contributed by atoms with Gasteiger partial charge in [0.1, 0.15) is 0 Å². The van der Waals surface area contributed by atoms with Gasteiger partial charge in [-0.15, -0.1) is 0 Å². The minimum absolute atomic E-state index is 0.0439. The van der Waals surface area contributed by atoms with Crippen LogP contribution < -0.4 is 20.1 Å². The van der Waals surface area contributed by atoms with Crippen LogP contribution in [-0.4, -0.2) is 37.4 Å². The summed E-state index contributed by atoms with van der Waals surface area (Å²) < 4.78 is 11.6. The van der Waals surface area contributed by atoms with Crippen molar-refractivity contribution in [2.45, 2.75) is 38.1 Å². The Morgan fingerprint density at radius 2 is 1.81 bits per heavy atom. The van der Waals surface area contributed by atoms with Crippen LogP contribution in [0.2, 0.25) is 5.02 Å². The maximum Gasteiger partial charge on any atom is 0.292 e. The average molecular weight is 524 g/mol. The van der Waals surface area contributed by atoms with Gasteiger partial charge in [0.05, 0.1) is 17.8 Å². The summed E-state index contributed by atoms with van der Waals surface area (Å²) in [6.45, 7) is -0.293. The summed E-state index contributed by atoms with van der Waals surface area (Å²) in [5, 5.41) is 5.87. The van der Waals surface area contributed by atoms with Crippen LogP contribution in [0.5, 0.6) is 11.5 Å². The zero-order valence-electron chi connectivity index (χ0n) is 17.6. The fourth-order valence-corrected chi connectivity index (χ4v) is 4.20. The number of hydrogen-bond acceptors (Lipinski definition) is 5. The molecule has 0 saturated heterocycles. The first kappa shape index (κ1) is 24.1. The van der Waals surface area contributed by atoms with Crippen LogP contribution in [0.15, 0.2) is 40.9 Å². The monoisotopic (exact) mass is 522 g/mol. The quantitative estimate of drug-likeness (QED) is 0.384. The van der Waals surface area contributed by atoms with E-state index in [9.17, 15) is 14.4 Å². The summed E-state index contributed by atoms with van der Waals surface area (Å²) in [5.74, 6) is -1.16. The van der Waals surface area contributed by atoms with Gasteiger partial charge in [0, 0.05) is 16.1 Å². The number of Topliss-reactive ketones (excluding diaryl/α,β-unsaturated/α-hetero) is 1. The molecule has 32 heavy (non-hydrogen) atoms. The van der Waals surface area contributed by atoms with Gasteiger partial charge in [-0.05, 0) is 49.2 Å². The van der Waals surface area contributed by atoms with Crippen LogP contribution in [0.1, 0.15) is 42.5 Å². The van der Waals surface area contributed by atoms with Crippen LogP contribution in [0.25, 0.3) is 0 Å². The summed E-state index contributed by atoms with van der Waals surface area (Å²) in [5.41, 5.74) is 0.647. The molecular weight excluding hydrogens is 500 g/mol. The Morgan fingerprint density at radius 3 is 2.50 bits per heavy atom. The lowest BCUT2D eigenvalue weighted by atomic mass is 9.95. The molecule has 2 amide bonds. The van der Waals surface area contributed by atoms with E-state index in [2.05, 4.69) is 26.6 Å². The zero-order chi connectivity index (χ0) is 23.1. The highest BCUT2D eigenvalue weighted by atomic mass is 79.9. The number of hydrogen-bond donors (Lipinski definition) is 2. The number of benzene rings is 2. The third kappa shape index (κ3) is 6.46. The van der Waals surface area contributed by atoms with Crippen LogP contribution >= 0.6 is 27.5 Å². The average Bonchev–Trinajstić information content (AvgIpc) is 2.79. The van der Waals surface area contributed by atoms with Gasteiger partial charge in [-0.2, -0.15) is 0 Å². The van der Waals surface area contributed by atoms with E-state index in [1.807, 2.05) is 0 Å². The van der Waals surface area contributed by atoms with E-state index in [1.54, 1.807) is 18.2 Å². The SMILES string of the molecule is COc1cc(C(=O)C(=O)NC2CCCCC2)ccc1OCC(=O)Nc1ccc(Br)cc1Cl. The molecule has 3 rings (SSSR count). The number of amides is 2. The van der Waals surface area contributed by atoms with Gasteiger partial charge < -0.3 is 20.1 Å². The van der Waals surface area contributed by atoms with E-state index in [0.717, 1.165) is 36.6 Å². The first-order valence-corrected chi connectivity index (χ1v) is 11.5. The minimum Gasteiger partial charge on any atom is -0.493 e. The second-order valence-corrected chi connectivity index (χ2v) is 8.79. The number of nitrogens with one attached hydrogen (secondary N) is 2. The Hall–Kier alpha value is -2.58. The van der Waals surface area contributed by atoms with Gasteiger partial charge in [-0.3, -0.25) is 14.4 Å². The Kier molecular flexibility index (Phi) is 8.53. The second kappa shape index (κ2) is 11.3. The molecular formula is C23H24BrClN2O5. The van der Waals surface area contributed by atoms with Crippen molar-refractivity contribution in [3.05, 3.63) is 51.5 Å². The van der Waals surface area contributed by atoms with E-state index in [-0.39, 0.29) is 29.7 Å². The highest BCUT2D eigenvalue weighted by Crippen LogP contribution is 2.29. The molecule has 7 nitrogen and oxygen atoms in total. The van der Waals surface area contributed by atoms with Crippen LogP contribution in [0.3, 0.4) is 0 Å². The lowest BCUT2D eigenvalue weighted by molar-refractivity contribution is -0.118. The van der Waals surface area contributed by atoms with Gasteiger partial charge in [-0.25, -0.2) is 0 Å². The fourth-order valence-electron chi connectivity index (χ4n) is 3.48. The Balaban J connectivity index is 1.60. The Bertz CT molecular complexity index is 1010. The molecule has 1 fully saturated rings. The molecule has 1 saturated carbocycles. The number of halogens is 2. The van der Waals surface area contributed by atoms with Crippen molar-refractivity contribution in [1.29, 1.82) is 0 Å². The van der Waals surface area contributed by atoms with Crippen molar-refractivity contribution in [3.8, 4) is 11.5 Å². The summed E-state index contributed by atoms with van der Waals surface area (Å²) in [6.07, 6.45) is 5.06. The summed E-state index contributed by atoms with van der Waals surface area (Å²) in [7, 11) is 1.42. The molecule has 0 spiro atoms. The number of methoxy groups -OCH3 is 1. The van der Waals surface area contributed by atoms with Crippen LogP contribution in [0, 0.1) is 0 Å². The molecule has 0 aliphatic heterocycles. The minimum atomic E-state index is -0.636. The summed E-state index contributed by atoms with van der Waals surface area (Å²) in [6, 6.07) is 9.55. The molecule has 0 bridgehead atoms. The van der Waals surface area contributed by atoms with E-state index >= 15 is 0 Å². The molecule has 2 N–H and O–H groups in total. The van der Waals surface area contributed by atoms with Gasteiger partial charge in [0.2, 0.25) is 5.78 Å². The van der Waals surface area contributed by atoms with Crippen molar-refractivity contribution >= 4 is 50.8 Å². The molecule has 0 aromatic heterocycles. The number of ketones is 1. The third-order valence-electron chi connectivity index (χ3n) is 5.14. The van der Waals surface area contributed by atoms with Crippen molar-refractivity contribution in [3.63, 3.8) is 0 Å². The number of ether oxygens (including phenoxy) is 2. The number of carbonyl (C=O) groups is 3. The number of rotatable bonds is 8. The van der Waals surface area contributed by atoms with Crippen LogP contribution in [-0.2, 0) is 9.59 Å². The second-order valence-electron chi connectivity index (χ2n) is 7.46. The molecule has 2 aromatic rings. The van der Waals surface area contributed by atoms with Crippen molar-refractivity contribution in [1.82, 2.24) is 5.32 Å². The number of anilines is 1. The van der Waals surface area contributed by atoms with Gasteiger partial charge in [0.15, 0.2) is 18.1 Å². The summed E-state index contributed by atoms with van der Waals surface area (Å²) in [4.78, 5) is 37.1. The first-order valence-electron chi connectivity index (χ1n) is 10.3. The predicted octanol–water partition coefficient (Wildman–Crippen LogP) is 4.76. The molecule has 0 heterocycles. The highest BCUT2D eigenvalue weighted by molar-refractivity contribution is 9.10. The largest absolute Gasteiger partial charge is 0.493 e. The van der Waals surface area contributed by atoms with E-state index in [4.69, 9.17) is 21.1 Å². The summed E-state index contributed by atoms with van der Waals surface area (Å²) >= 11 is 9.41. The third-order valence-corrected chi connectivity index (χ3v) is 5.94. The molecule has 170 valence electrons. The smallest absolute Gasteiger partial charge is 0.292 e. The first-order chi connectivity index (χ1) is 15.4. The zero-order valence-corrected chi connectivity index (χ0v) is 19.9. The lowest BCUT2D eigenvalue weighted by Gasteiger charge is -2.22. The van der Waals surface area contributed by atoms with Crippen molar-refractivity contribution < 1.29 is 23.9 Å². The molecule has 1 aliphatic rings. The van der Waals surface area contributed by atoms with E-state index < -0.39 is 17.6 Å². The molecule has 0 radical (unpaired) electrons. The van der Waals surface area contributed by atoms with Crippen molar-refractivity contribution in [2.75, 3.05) is 19.0 Å². The fraction of sp³-hybridized carbons (Fsp3) is 0.348. The van der Waals surface area contributed by atoms with Crippen molar-refractivity contribution in [2.24, 2.45) is 0 Å². The highest BCUT2D eigenvalue weighted by Gasteiger charge is 2.23. The van der Waals surface area contributed by atoms with E-state index in [1.165, 1.54) is 25.3 Å². The Labute approximate surface area is 199 Å². The van der Waals surface area contributed by atoms with Gasteiger partial charge >= 0.3 is 0 Å². The standard InChI is InChI=1S/C23H24BrClN2O5/c1-31-20-11-14(22(29)23(30)26-16-5-3-2-4-6-16)7-10-19(20)32-13-21(28)27-18-9-8-15(24)12-17(18)25/h7-12,16H,2-6,13H2,1H3,(H,26,30)(H,27,28). The number of carbonyl (C=O) groups excluding carboxylic acids is 3. The maximum atomic E-state index is 12.5. The molecule has 9 heteroatoms. The predicted molar refractivity (Wildman–Crippen MR) is 126 cm³/mol. The van der Waals surface area contributed by atoms with Gasteiger partial charge in [-0.1, -0.05) is 46.8 Å². The normalized spacial score (nSPS) is 13.8. The maximum absolute atomic E-state index is 12.5. The van der Waals surface area contributed by atoms with E-state index in [0.29, 0.717) is 10.7 Å². The van der Waals surface area contributed by atoms with Crippen LogP contribution in [0.4, 0.5) is 5.69 Å². The Morgan fingerprint density at radius 1 is 1.06 bits per heavy atom. The molecule has 0 atom stereocenters. The van der Waals surface area contributed by atoms with Gasteiger partial charge in [0.25, 0.3) is 11.8 Å². The molecule has 2 aromatic carbocycles. The molecule has 1 aliphatic carbocycles. The lowest BCUT2D eigenvalue weighted by Crippen LogP contribution is -2.40.